The van der Waals surface area contributed by atoms with Crippen molar-refractivity contribution in [2.75, 3.05) is 72.3 Å². The summed E-state index contributed by atoms with van der Waals surface area (Å²) >= 11 is 0. The molecular weight excluding hydrogens is 795 g/mol. The highest BCUT2D eigenvalue weighted by Crippen LogP contribution is 2.53. The van der Waals surface area contributed by atoms with E-state index in [4.69, 9.17) is 23.7 Å². The second kappa shape index (κ2) is 22.1. The Morgan fingerprint density at radius 2 is 0.871 bits per heavy atom. The molecule has 7 rings (SSSR count). The third kappa shape index (κ3) is 12.3. The number of alkyl carbamates (subject to hydrolysis) is 4. The van der Waals surface area contributed by atoms with Crippen LogP contribution < -0.4 is 21.3 Å². The standard InChI is InChI=1S/C47H57N5O10/c53-43(48-21-23-50-45(55)60-29-40-36-13-5-1-2-6-14-37(36)40)58-27-25-52(47(57)62-31-42-34-19-11-9-17-32(34)33-18-10-12-20-35(33)42)26-28-59-44(54)49-22-24-51-46(56)61-30-41-38-15-7-3-4-8-16-39(38)41/h9-12,17-20,36-42H,5-8,13-16,21-31H2,(H,48,53)(H,49,54)(H,50,55)(H,51,56)/t36-,37+,38-,39+,40?,41?. The fourth-order valence-corrected chi connectivity index (χ4v) is 9.25. The van der Waals surface area contributed by atoms with E-state index in [2.05, 4.69) is 44.9 Å². The molecule has 5 aliphatic rings. The van der Waals surface area contributed by atoms with Gasteiger partial charge in [-0.2, -0.15) is 0 Å². The average molecular weight is 852 g/mol. The maximum absolute atomic E-state index is 13.5. The van der Waals surface area contributed by atoms with Gasteiger partial charge in [-0.3, -0.25) is 0 Å². The van der Waals surface area contributed by atoms with E-state index < -0.39 is 30.5 Å². The first kappa shape index (κ1) is 44.0. The lowest BCUT2D eigenvalue weighted by Crippen LogP contribution is -2.40. The second-order valence-corrected chi connectivity index (χ2v) is 16.3. The van der Waals surface area contributed by atoms with Crippen molar-refractivity contribution < 1.29 is 47.7 Å². The molecule has 0 heterocycles. The van der Waals surface area contributed by atoms with Crippen molar-refractivity contribution in [2.24, 2.45) is 35.5 Å². The maximum atomic E-state index is 13.5. The number of carbonyl (C=O) groups excluding carboxylic acids is 5. The van der Waals surface area contributed by atoms with Crippen LogP contribution in [0.1, 0.15) is 68.4 Å². The zero-order valence-corrected chi connectivity index (χ0v) is 35.1. The maximum Gasteiger partial charge on any atom is 0.410 e. The van der Waals surface area contributed by atoms with E-state index in [0.717, 1.165) is 73.6 Å². The summed E-state index contributed by atoms with van der Waals surface area (Å²) in [6.45, 7) is 0.875. The molecule has 62 heavy (non-hydrogen) atoms. The normalized spacial score (nSPS) is 22.3. The lowest BCUT2D eigenvalue weighted by atomic mass is 9.98. The Morgan fingerprint density at radius 3 is 1.27 bits per heavy atom. The van der Waals surface area contributed by atoms with Gasteiger partial charge in [0.05, 0.1) is 26.3 Å². The summed E-state index contributed by atoms with van der Waals surface area (Å²) in [5, 5.41) is 10.4. The van der Waals surface area contributed by atoms with Gasteiger partial charge < -0.3 is 49.9 Å². The molecule has 5 amide bonds. The minimum atomic E-state index is -0.733. The van der Waals surface area contributed by atoms with Gasteiger partial charge >= 0.3 is 30.5 Å². The smallest absolute Gasteiger partial charge is 0.410 e. The third-order valence-corrected chi connectivity index (χ3v) is 12.6. The molecule has 0 saturated heterocycles. The number of nitrogens with zero attached hydrogens (tertiary/aromatic N) is 1. The molecule has 2 fully saturated rings. The molecular formula is C47H57N5O10. The molecule has 15 nitrogen and oxygen atoms in total. The van der Waals surface area contributed by atoms with Crippen LogP contribution in [0.4, 0.5) is 24.0 Å². The molecule has 0 bridgehead atoms. The molecule has 0 aromatic heterocycles. The van der Waals surface area contributed by atoms with Gasteiger partial charge in [0.25, 0.3) is 0 Å². The van der Waals surface area contributed by atoms with E-state index in [0.29, 0.717) is 48.7 Å². The van der Waals surface area contributed by atoms with Gasteiger partial charge in [-0.15, -0.1) is 23.7 Å². The van der Waals surface area contributed by atoms with Crippen LogP contribution in [0.2, 0.25) is 0 Å². The Hall–Kier alpha value is -6.09. The van der Waals surface area contributed by atoms with Gasteiger partial charge in [-0.1, -0.05) is 48.5 Å². The van der Waals surface area contributed by atoms with Gasteiger partial charge in [0, 0.05) is 57.8 Å². The second-order valence-electron chi connectivity index (χ2n) is 16.3. The highest BCUT2D eigenvalue weighted by atomic mass is 16.6. The first-order valence-corrected chi connectivity index (χ1v) is 22.0. The van der Waals surface area contributed by atoms with Crippen molar-refractivity contribution in [1.82, 2.24) is 26.2 Å². The number of ether oxygens (including phenoxy) is 5. The van der Waals surface area contributed by atoms with Crippen LogP contribution in [-0.4, -0.2) is 108 Å². The van der Waals surface area contributed by atoms with Crippen LogP contribution in [0, 0.1) is 59.2 Å². The van der Waals surface area contributed by atoms with Crippen LogP contribution in [0.3, 0.4) is 0 Å². The van der Waals surface area contributed by atoms with E-state index in [1.165, 1.54) is 4.90 Å². The first-order valence-electron chi connectivity index (χ1n) is 22.0. The van der Waals surface area contributed by atoms with Crippen LogP contribution in [0.15, 0.2) is 48.5 Å². The largest absolute Gasteiger partial charge is 0.449 e. The summed E-state index contributed by atoms with van der Waals surface area (Å²) in [6.07, 6.45) is 4.56. The van der Waals surface area contributed by atoms with Crippen molar-refractivity contribution in [3.8, 4) is 34.8 Å². The van der Waals surface area contributed by atoms with Crippen molar-refractivity contribution in [1.29, 1.82) is 0 Å². The number of benzene rings is 2. The topological polar surface area (TPSA) is 183 Å². The average Bonchev–Trinajstić information content (AvgIpc) is 4.08. The molecule has 0 spiro atoms. The fourth-order valence-electron chi connectivity index (χ4n) is 9.25. The van der Waals surface area contributed by atoms with Crippen LogP contribution in [0.25, 0.3) is 11.1 Å². The SMILES string of the molecule is O=C(NCCNC(=O)OCC1[C@H]2CCC#CCC[C@@H]12)OCCN(CCOC(=O)NCCNC(=O)OCC1[C@H]2CCC#CCC[C@@H]12)C(=O)OCC1c2ccccc2-c2ccccc21. The van der Waals surface area contributed by atoms with Gasteiger partial charge in [-0.05, 0) is 83.4 Å². The predicted molar refractivity (Wildman–Crippen MR) is 227 cm³/mol. The summed E-state index contributed by atoms with van der Waals surface area (Å²) < 4.78 is 27.3. The zero-order chi connectivity index (χ0) is 43.1. The molecule has 2 aromatic rings. The summed E-state index contributed by atoms with van der Waals surface area (Å²) in [4.78, 5) is 64.2. The van der Waals surface area contributed by atoms with E-state index in [1.807, 2.05) is 48.5 Å². The Bertz CT molecular complexity index is 1870. The van der Waals surface area contributed by atoms with E-state index in [9.17, 15) is 24.0 Å². The summed E-state index contributed by atoms with van der Waals surface area (Å²) in [5.41, 5.74) is 4.30. The van der Waals surface area contributed by atoms with Crippen LogP contribution >= 0.6 is 0 Å². The van der Waals surface area contributed by atoms with E-state index in [-0.39, 0.29) is 65.0 Å². The Balaban J connectivity index is 0.800. The Kier molecular flexibility index (Phi) is 15.7. The highest BCUT2D eigenvalue weighted by Gasteiger charge is 2.50. The van der Waals surface area contributed by atoms with Gasteiger partial charge in [-0.25, -0.2) is 24.0 Å². The minimum absolute atomic E-state index is 0.0446. The van der Waals surface area contributed by atoms with Crippen molar-refractivity contribution in [2.45, 2.75) is 57.3 Å². The number of hydrogen-bond donors (Lipinski definition) is 4. The number of amides is 5. The molecule has 2 unspecified atom stereocenters. The lowest BCUT2D eigenvalue weighted by molar-refractivity contribution is 0.0730. The monoisotopic (exact) mass is 851 g/mol. The van der Waals surface area contributed by atoms with Gasteiger partial charge in [0.15, 0.2) is 0 Å². The van der Waals surface area contributed by atoms with Gasteiger partial charge in [0.1, 0.15) is 19.8 Å². The third-order valence-electron chi connectivity index (χ3n) is 12.6. The van der Waals surface area contributed by atoms with Crippen LogP contribution in [-0.2, 0) is 23.7 Å². The molecule has 6 atom stereocenters. The number of rotatable bonds is 18. The molecule has 2 saturated carbocycles. The number of hydrogen-bond acceptors (Lipinski definition) is 10. The Labute approximate surface area is 363 Å². The van der Waals surface area contributed by atoms with Crippen LogP contribution in [0.5, 0.6) is 0 Å². The minimum Gasteiger partial charge on any atom is -0.449 e. The van der Waals surface area contributed by atoms with E-state index in [1.54, 1.807) is 0 Å². The van der Waals surface area contributed by atoms with Gasteiger partial charge in [0.2, 0.25) is 0 Å². The summed E-state index contributed by atoms with van der Waals surface area (Å²) in [7, 11) is 0. The summed E-state index contributed by atoms with van der Waals surface area (Å²) in [5.74, 6) is 15.6. The predicted octanol–water partition coefficient (Wildman–Crippen LogP) is 6.02. The molecule has 5 aliphatic carbocycles. The molecule has 0 radical (unpaired) electrons. The van der Waals surface area contributed by atoms with Crippen molar-refractivity contribution >= 4 is 30.5 Å². The molecule has 2 aromatic carbocycles. The molecule has 4 N–H and O–H groups in total. The quantitative estimate of drug-likeness (QED) is 0.0787. The molecule has 330 valence electrons. The molecule has 15 heteroatoms. The number of fused-ring (bicyclic) bond motifs is 5. The number of nitrogens with one attached hydrogen (secondary N) is 4. The van der Waals surface area contributed by atoms with E-state index >= 15 is 0 Å². The first-order chi connectivity index (χ1) is 30.4. The highest BCUT2D eigenvalue weighted by molar-refractivity contribution is 5.79. The Morgan fingerprint density at radius 1 is 0.500 bits per heavy atom. The summed E-state index contributed by atoms with van der Waals surface area (Å²) in [6, 6.07) is 16.0. The number of carbonyl (C=O) groups is 5. The van der Waals surface area contributed by atoms with Crippen molar-refractivity contribution in [3.63, 3.8) is 0 Å². The fraction of sp³-hybridized carbons (Fsp3) is 0.553. The van der Waals surface area contributed by atoms with Crippen molar-refractivity contribution in [3.05, 3.63) is 59.7 Å². The zero-order valence-electron chi connectivity index (χ0n) is 35.1. The molecule has 0 aliphatic heterocycles. The lowest BCUT2D eigenvalue weighted by Gasteiger charge is -2.23.